The van der Waals surface area contributed by atoms with Crippen molar-refractivity contribution in [2.45, 2.75) is 13.5 Å². The molecule has 1 aliphatic heterocycles. The Morgan fingerprint density at radius 2 is 2.00 bits per heavy atom. The highest BCUT2D eigenvalue weighted by atomic mass is 16.5. The zero-order chi connectivity index (χ0) is 21.9. The highest BCUT2D eigenvalue weighted by molar-refractivity contribution is 5.54. The average molecular weight is 428 g/mol. The number of anilines is 1. The molecule has 0 aliphatic carbocycles. The minimum Gasteiger partial charge on any atom is -0.476 e. The monoisotopic (exact) mass is 427 g/mol. The van der Waals surface area contributed by atoms with Gasteiger partial charge in [0.05, 0.1) is 26.4 Å². The smallest absolute Gasteiger partial charge is 0.217 e. The number of pyridine rings is 1. The van der Waals surface area contributed by atoms with Gasteiger partial charge in [0, 0.05) is 58.2 Å². The van der Waals surface area contributed by atoms with Gasteiger partial charge in [-0.15, -0.1) is 5.11 Å². The Morgan fingerprint density at radius 1 is 1.16 bits per heavy atom. The van der Waals surface area contributed by atoms with E-state index < -0.39 is 0 Å². The molecule has 0 unspecified atom stereocenters. The van der Waals surface area contributed by atoms with E-state index in [2.05, 4.69) is 50.1 Å². The van der Waals surface area contributed by atoms with Crippen LogP contribution in [0.25, 0.3) is 0 Å². The van der Waals surface area contributed by atoms with Crippen molar-refractivity contribution in [2.75, 3.05) is 71.7 Å². The van der Waals surface area contributed by atoms with Crippen LogP contribution in [0.4, 0.5) is 11.5 Å². The lowest BCUT2D eigenvalue weighted by Gasteiger charge is -2.26. The SMILES string of the molecule is COCCN(C)c1cc(N=NCc2cccc(C)c2)nc(OCCN2CCOCC2)c1. The predicted octanol–water partition coefficient (Wildman–Crippen LogP) is 3.47. The fourth-order valence-electron chi connectivity index (χ4n) is 3.28. The summed E-state index contributed by atoms with van der Waals surface area (Å²) in [4.78, 5) is 8.97. The van der Waals surface area contributed by atoms with Gasteiger partial charge in [0.15, 0.2) is 5.82 Å². The van der Waals surface area contributed by atoms with Crippen LogP contribution in [-0.2, 0) is 16.0 Å². The van der Waals surface area contributed by atoms with Gasteiger partial charge in [-0.3, -0.25) is 4.90 Å². The van der Waals surface area contributed by atoms with Crippen molar-refractivity contribution >= 4 is 11.5 Å². The molecule has 8 heteroatoms. The van der Waals surface area contributed by atoms with Crippen molar-refractivity contribution in [1.82, 2.24) is 9.88 Å². The van der Waals surface area contributed by atoms with Gasteiger partial charge in [-0.1, -0.05) is 29.8 Å². The van der Waals surface area contributed by atoms with E-state index in [1.54, 1.807) is 7.11 Å². The molecule has 1 aromatic heterocycles. The summed E-state index contributed by atoms with van der Waals surface area (Å²) >= 11 is 0. The Balaban J connectivity index is 1.66. The molecule has 0 atom stereocenters. The molecule has 0 N–H and O–H groups in total. The molecular formula is C23H33N5O3. The molecule has 0 bridgehead atoms. The largest absolute Gasteiger partial charge is 0.476 e. The fourth-order valence-corrected chi connectivity index (χ4v) is 3.28. The first kappa shape index (κ1) is 23.1. The fraction of sp³-hybridized carbons (Fsp3) is 0.522. The van der Waals surface area contributed by atoms with Gasteiger partial charge in [-0.05, 0) is 12.5 Å². The highest BCUT2D eigenvalue weighted by Gasteiger charge is 2.11. The van der Waals surface area contributed by atoms with Crippen LogP contribution in [0.2, 0.25) is 0 Å². The third kappa shape index (κ3) is 7.90. The summed E-state index contributed by atoms with van der Waals surface area (Å²) in [5.74, 6) is 1.09. The van der Waals surface area contributed by atoms with Crippen LogP contribution in [0.1, 0.15) is 11.1 Å². The molecular weight excluding hydrogens is 394 g/mol. The van der Waals surface area contributed by atoms with Crippen molar-refractivity contribution in [3.8, 4) is 5.88 Å². The summed E-state index contributed by atoms with van der Waals surface area (Å²) in [6.45, 7) is 8.83. The van der Waals surface area contributed by atoms with Crippen LogP contribution >= 0.6 is 0 Å². The Hall–Kier alpha value is -2.55. The van der Waals surface area contributed by atoms with Crippen molar-refractivity contribution in [3.05, 3.63) is 47.5 Å². The topological polar surface area (TPSA) is 71.8 Å². The van der Waals surface area contributed by atoms with Crippen molar-refractivity contribution in [3.63, 3.8) is 0 Å². The molecule has 0 spiro atoms. The number of aryl methyl sites for hydroxylation is 1. The van der Waals surface area contributed by atoms with E-state index in [9.17, 15) is 0 Å². The van der Waals surface area contributed by atoms with Gasteiger partial charge < -0.3 is 19.1 Å². The van der Waals surface area contributed by atoms with Gasteiger partial charge >= 0.3 is 0 Å². The lowest BCUT2D eigenvalue weighted by molar-refractivity contribution is 0.0320. The Bertz CT molecular complexity index is 840. The van der Waals surface area contributed by atoms with E-state index in [4.69, 9.17) is 14.2 Å². The van der Waals surface area contributed by atoms with Crippen LogP contribution in [0.15, 0.2) is 46.6 Å². The quantitative estimate of drug-likeness (QED) is 0.512. The molecule has 0 saturated carbocycles. The third-order valence-corrected chi connectivity index (χ3v) is 5.11. The summed E-state index contributed by atoms with van der Waals surface area (Å²) in [6, 6.07) is 12.1. The lowest BCUT2D eigenvalue weighted by atomic mass is 10.1. The molecule has 1 aromatic carbocycles. The van der Waals surface area contributed by atoms with Gasteiger partial charge in [0.1, 0.15) is 6.61 Å². The molecule has 168 valence electrons. The van der Waals surface area contributed by atoms with Gasteiger partial charge in [-0.25, -0.2) is 0 Å². The zero-order valence-corrected chi connectivity index (χ0v) is 18.8. The van der Waals surface area contributed by atoms with E-state index in [0.717, 1.165) is 50.6 Å². The van der Waals surface area contributed by atoms with Crippen molar-refractivity contribution in [2.24, 2.45) is 10.2 Å². The zero-order valence-electron chi connectivity index (χ0n) is 18.8. The van der Waals surface area contributed by atoms with Crippen molar-refractivity contribution in [1.29, 1.82) is 0 Å². The van der Waals surface area contributed by atoms with E-state index in [1.807, 2.05) is 25.2 Å². The summed E-state index contributed by atoms with van der Waals surface area (Å²) in [5.41, 5.74) is 3.31. The maximum absolute atomic E-state index is 5.97. The number of methoxy groups -OCH3 is 1. The standard InChI is InChI=1S/C23H33N5O3/c1-19-5-4-6-20(15-19)18-24-26-22-16-21(27(2)7-11-29-3)17-23(25-22)31-14-10-28-8-12-30-13-9-28/h4-6,15-17H,7-14,18H2,1-3H3. The first-order valence-electron chi connectivity index (χ1n) is 10.7. The number of benzene rings is 1. The summed E-state index contributed by atoms with van der Waals surface area (Å²) < 4.78 is 16.6. The maximum Gasteiger partial charge on any atom is 0.217 e. The lowest BCUT2D eigenvalue weighted by Crippen LogP contribution is -2.38. The number of nitrogens with zero attached hydrogens (tertiary/aromatic N) is 5. The third-order valence-electron chi connectivity index (χ3n) is 5.11. The molecule has 0 radical (unpaired) electrons. The minimum atomic E-state index is 0.514. The van der Waals surface area contributed by atoms with Crippen LogP contribution < -0.4 is 9.64 Å². The Kier molecular flexibility index (Phi) is 9.20. The highest BCUT2D eigenvalue weighted by Crippen LogP contribution is 2.25. The first-order chi connectivity index (χ1) is 15.1. The van der Waals surface area contributed by atoms with E-state index >= 15 is 0 Å². The molecule has 3 rings (SSSR count). The van der Waals surface area contributed by atoms with E-state index in [0.29, 0.717) is 31.5 Å². The van der Waals surface area contributed by atoms with E-state index in [1.165, 1.54) is 5.56 Å². The Labute approximate surface area is 184 Å². The van der Waals surface area contributed by atoms with Crippen molar-refractivity contribution < 1.29 is 14.2 Å². The normalized spacial score (nSPS) is 14.8. The first-order valence-corrected chi connectivity index (χ1v) is 10.7. The van der Waals surface area contributed by atoms with E-state index in [-0.39, 0.29) is 0 Å². The van der Waals surface area contributed by atoms with Gasteiger partial charge in [0.2, 0.25) is 5.88 Å². The number of aromatic nitrogens is 1. The van der Waals surface area contributed by atoms with Crippen LogP contribution in [0.3, 0.4) is 0 Å². The minimum absolute atomic E-state index is 0.514. The molecule has 8 nitrogen and oxygen atoms in total. The molecule has 1 fully saturated rings. The second kappa shape index (κ2) is 12.3. The molecule has 1 aliphatic rings. The maximum atomic E-state index is 5.97. The number of hydrogen-bond acceptors (Lipinski definition) is 8. The number of ether oxygens (including phenoxy) is 3. The molecule has 1 saturated heterocycles. The second-order valence-electron chi connectivity index (χ2n) is 7.63. The van der Waals surface area contributed by atoms with Crippen LogP contribution in [0.5, 0.6) is 5.88 Å². The van der Waals surface area contributed by atoms with Gasteiger partial charge in [0.25, 0.3) is 0 Å². The summed E-state index contributed by atoms with van der Waals surface area (Å²) in [5, 5.41) is 8.71. The Morgan fingerprint density at radius 3 is 2.77 bits per heavy atom. The van der Waals surface area contributed by atoms with Gasteiger partial charge in [-0.2, -0.15) is 10.1 Å². The number of likely N-dealkylation sites (N-methyl/N-ethyl adjacent to an activating group) is 1. The molecule has 2 aromatic rings. The summed E-state index contributed by atoms with van der Waals surface area (Å²) in [7, 11) is 3.71. The number of hydrogen-bond donors (Lipinski definition) is 0. The molecule has 0 amide bonds. The second-order valence-corrected chi connectivity index (χ2v) is 7.63. The van der Waals surface area contributed by atoms with Crippen LogP contribution in [0, 0.1) is 6.92 Å². The molecule has 2 heterocycles. The number of morpholine rings is 1. The predicted molar refractivity (Wildman–Crippen MR) is 122 cm³/mol. The summed E-state index contributed by atoms with van der Waals surface area (Å²) in [6.07, 6.45) is 0. The number of rotatable bonds is 11. The molecule has 31 heavy (non-hydrogen) atoms. The average Bonchev–Trinajstić information content (AvgIpc) is 2.78. The number of azo groups is 1. The van der Waals surface area contributed by atoms with Crippen LogP contribution in [-0.4, -0.2) is 76.6 Å².